The van der Waals surface area contributed by atoms with Crippen molar-refractivity contribution < 1.29 is 14.7 Å². The van der Waals surface area contributed by atoms with Crippen molar-refractivity contribution in [2.75, 3.05) is 26.2 Å². The van der Waals surface area contributed by atoms with Crippen molar-refractivity contribution in [1.82, 2.24) is 29.4 Å². The third-order valence-electron chi connectivity index (χ3n) is 5.01. The third-order valence-corrected chi connectivity index (χ3v) is 5.01. The van der Waals surface area contributed by atoms with Crippen molar-refractivity contribution in [2.24, 2.45) is 0 Å². The summed E-state index contributed by atoms with van der Waals surface area (Å²) in [5.41, 5.74) is 2.56. The van der Waals surface area contributed by atoms with Crippen LogP contribution in [0.4, 0.5) is 0 Å². The zero-order valence-electron chi connectivity index (χ0n) is 16.0. The summed E-state index contributed by atoms with van der Waals surface area (Å²) in [6.45, 7) is 10.1. The average Bonchev–Trinajstić information content (AvgIpc) is 3.28. The fourth-order valence-electron chi connectivity index (χ4n) is 3.17. The molecule has 1 fully saturated rings. The van der Waals surface area contributed by atoms with Crippen LogP contribution in [0.2, 0.25) is 0 Å². The van der Waals surface area contributed by atoms with Crippen LogP contribution in [0.25, 0.3) is 0 Å². The summed E-state index contributed by atoms with van der Waals surface area (Å²) in [6, 6.07) is 0.784. The molecule has 1 saturated heterocycles. The van der Waals surface area contributed by atoms with E-state index >= 15 is 0 Å². The molecule has 0 radical (unpaired) electrons. The molecule has 2 aromatic heterocycles. The number of hydrogen-bond acceptors (Lipinski definition) is 5. The molecule has 0 saturated carbocycles. The summed E-state index contributed by atoms with van der Waals surface area (Å²) in [6.07, 6.45) is 3.62. The van der Waals surface area contributed by atoms with E-state index in [4.69, 9.17) is 5.11 Å². The molecule has 0 bridgehead atoms. The van der Waals surface area contributed by atoms with E-state index in [1.165, 1.54) is 23.4 Å². The van der Waals surface area contributed by atoms with Crippen molar-refractivity contribution in [3.05, 3.63) is 35.4 Å². The molecule has 1 amide bonds. The number of nitrogens with zero attached hydrogens (tertiary/aromatic N) is 6. The van der Waals surface area contributed by atoms with Crippen LogP contribution in [0.5, 0.6) is 0 Å². The lowest BCUT2D eigenvalue weighted by Crippen LogP contribution is -2.48. The molecule has 27 heavy (non-hydrogen) atoms. The third kappa shape index (κ3) is 4.19. The molecule has 146 valence electrons. The van der Waals surface area contributed by atoms with Gasteiger partial charge in [-0.3, -0.25) is 19.1 Å². The van der Waals surface area contributed by atoms with Gasteiger partial charge in [-0.1, -0.05) is 0 Å². The number of amides is 1. The molecule has 1 N–H and O–H groups in total. The SMILES string of the molecule is CCn1cc(CN2CCN(C(=O)c3ccn(C(C)C(=O)O)n3)CC2)c(C)n1. The van der Waals surface area contributed by atoms with Crippen molar-refractivity contribution in [1.29, 1.82) is 0 Å². The Morgan fingerprint density at radius 2 is 1.93 bits per heavy atom. The molecule has 1 aliphatic rings. The summed E-state index contributed by atoms with van der Waals surface area (Å²) in [5.74, 6) is -1.13. The van der Waals surface area contributed by atoms with E-state index in [-0.39, 0.29) is 11.6 Å². The quantitative estimate of drug-likeness (QED) is 0.811. The normalized spacial score (nSPS) is 16.5. The molecule has 0 aromatic carbocycles. The topological polar surface area (TPSA) is 96.5 Å². The maximum absolute atomic E-state index is 12.6. The molecule has 3 rings (SSSR count). The monoisotopic (exact) mass is 374 g/mol. The summed E-state index contributed by atoms with van der Waals surface area (Å²) in [7, 11) is 0. The summed E-state index contributed by atoms with van der Waals surface area (Å²) >= 11 is 0. The Bertz CT molecular complexity index is 819. The van der Waals surface area contributed by atoms with Crippen molar-refractivity contribution in [3.63, 3.8) is 0 Å². The maximum atomic E-state index is 12.6. The number of hydrogen-bond donors (Lipinski definition) is 1. The number of aliphatic carboxylic acids is 1. The first-order valence-corrected chi connectivity index (χ1v) is 9.21. The number of carboxylic acid groups (broad SMARTS) is 1. The fraction of sp³-hybridized carbons (Fsp3) is 0.556. The Morgan fingerprint density at radius 3 is 2.52 bits per heavy atom. The minimum Gasteiger partial charge on any atom is -0.480 e. The van der Waals surface area contributed by atoms with Gasteiger partial charge in [0.1, 0.15) is 11.7 Å². The van der Waals surface area contributed by atoms with Crippen LogP contribution in [0, 0.1) is 6.92 Å². The summed E-state index contributed by atoms with van der Waals surface area (Å²) < 4.78 is 3.25. The van der Waals surface area contributed by atoms with Gasteiger partial charge in [0.15, 0.2) is 0 Å². The average molecular weight is 374 g/mol. The lowest BCUT2D eigenvalue weighted by Gasteiger charge is -2.34. The molecule has 3 heterocycles. The largest absolute Gasteiger partial charge is 0.480 e. The van der Waals surface area contributed by atoms with Crippen LogP contribution in [0.1, 0.15) is 41.6 Å². The van der Waals surface area contributed by atoms with Gasteiger partial charge < -0.3 is 10.0 Å². The second-order valence-corrected chi connectivity index (χ2v) is 6.86. The van der Waals surface area contributed by atoms with Crippen molar-refractivity contribution >= 4 is 11.9 Å². The molecule has 0 aliphatic carbocycles. The molecule has 1 atom stereocenters. The van der Waals surface area contributed by atoms with Gasteiger partial charge in [-0.25, -0.2) is 4.79 Å². The van der Waals surface area contributed by atoms with Gasteiger partial charge in [0.2, 0.25) is 0 Å². The first-order valence-electron chi connectivity index (χ1n) is 9.21. The van der Waals surface area contributed by atoms with Crippen LogP contribution in [-0.4, -0.2) is 72.5 Å². The highest BCUT2D eigenvalue weighted by Gasteiger charge is 2.25. The van der Waals surface area contributed by atoms with E-state index in [9.17, 15) is 9.59 Å². The van der Waals surface area contributed by atoms with E-state index in [0.29, 0.717) is 13.1 Å². The zero-order chi connectivity index (χ0) is 19.6. The van der Waals surface area contributed by atoms with Crippen LogP contribution in [0.15, 0.2) is 18.5 Å². The number of carbonyl (C=O) groups excluding carboxylic acids is 1. The Hall–Kier alpha value is -2.68. The predicted molar refractivity (Wildman–Crippen MR) is 98.4 cm³/mol. The number of rotatable bonds is 6. The lowest BCUT2D eigenvalue weighted by molar-refractivity contribution is -0.140. The molecular weight excluding hydrogens is 348 g/mol. The van der Waals surface area contributed by atoms with E-state index in [0.717, 1.165) is 31.9 Å². The standard InChI is InChI=1S/C18H26N6O3/c1-4-23-12-15(13(2)19-23)11-21-7-9-22(10-8-21)17(25)16-5-6-24(20-16)14(3)18(26)27/h5-6,12,14H,4,7-11H2,1-3H3,(H,26,27). The van der Waals surface area contributed by atoms with Gasteiger partial charge in [-0.2, -0.15) is 10.2 Å². The second-order valence-electron chi connectivity index (χ2n) is 6.86. The lowest BCUT2D eigenvalue weighted by atomic mass is 10.2. The highest BCUT2D eigenvalue weighted by molar-refractivity contribution is 5.92. The van der Waals surface area contributed by atoms with E-state index in [1.54, 1.807) is 11.0 Å². The van der Waals surface area contributed by atoms with Gasteiger partial charge in [0.05, 0.1) is 5.69 Å². The van der Waals surface area contributed by atoms with Crippen LogP contribution in [0.3, 0.4) is 0 Å². The molecule has 2 aromatic rings. The summed E-state index contributed by atoms with van der Waals surface area (Å²) in [5, 5.41) is 17.7. The number of piperazine rings is 1. The Balaban J connectivity index is 1.56. The molecular formula is C18H26N6O3. The smallest absolute Gasteiger partial charge is 0.328 e. The molecule has 9 nitrogen and oxygen atoms in total. The van der Waals surface area contributed by atoms with Crippen LogP contribution >= 0.6 is 0 Å². The minimum absolute atomic E-state index is 0.152. The van der Waals surface area contributed by atoms with Gasteiger partial charge in [-0.05, 0) is 26.8 Å². The number of aromatic nitrogens is 4. The van der Waals surface area contributed by atoms with Gasteiger partial charge in [-0.15, -0.1) is 0 Å². The van der Waals surface area contributed by atoms with E-state index in [2.05, 4.69) is 28.2 Å². The maximum Gasteiger partial charge on any atom is 0.328 e. The van der Waals surface area contributed by atoms with Gasteiger partial charge >= 0.3 is 5.97 Å². The zero-order valence-corrected chi connectivity index (χ0v) is 16.0. The van der Waals surface area contributed by atoms with Crippen molar-refractivity contribution in [3.8, 4) is 0 Å². The molecule has 1 unspecified atom stereocenters. The Kier molecular flexibility index (Phi) is 5.59. The van der Waals surface area contributed by atoms with E-state index in [1.807, 2.05) is 11.6 Å². The number of carbonyl (C=O) groups is 2. The van der Waals surface area contributed by atoms with Gasteiger partial charge in [0, 0.05) is 57.2 Å². The molecule has 1 aliphatic heterocycles. The number of aryl methyl sites for hydroxylation is 2. The first-order chi connectivity index (χ1) is 12.9. The van der Waals surface area contributed by atoms with Gasteiger partial charge in [0.25, 0.3) is 5.91 Å². The highest BCUT2D eigenvalue weighted by Crippen LogP contribution is 2.14. The number of carboxylic acids is 1. The van der Waals surface area contributed by atoms with Crippen LogP contribution in [-0.2, 0) is 17.9 Å². The van der Waals surface area contributed by atoms with Crippen LogP contribution < -0.4 is 0 Å². The van der Waals surface area contributed by atoms with E-state index < -0.39 is 12.0 Å². The second kappa shape index (κ2) is 7.91. The fourth-order valence-corrected chi connectivity index (χ4v) is 3.17. The predicted octanol–water partition coefficient (Wildman–Crippen LogP) is 1.01. The molecule has 0 spiro atoms. The van der Waals surface area contributed by atoms with Crippen molar-refractivity contribution in [2.45, 2.75) is 39.9 Å². The highest BCUT2D eigenvalue weighted by atomic mass is 16.4. The minimum atomic E-state index is -0.979. The molecule has 9 heteroatoms. The Labute approximate surface area is 158 Å². The Morgan fingerprint density at radius 1 is 1.22 bits per heavy atom. The first kappa shape index (κ1) is 19.1. The summed E-state index contributed by atoms with van der Waals surface area (Å²) in [4.78, 5) is 27.8.